The molecule has 0 unspecified atom stereocenters. The van der Waals surface area contributed by atoms with E-state index >= 15 is 0 Å². The number of carbonyl (C=O) groups excluding carboxylic acids is 1. The Morgan fingerprint density at radius 3 is 2.56 bits per heavy atom. The lowest BCUT2D eigenvalue weighted by Crippen LogP contribution is -2.28. The van der Waals surface area contributed by atoms with Crippen LogP contribution >= 0.6 is 0 Å². The molecule has 0 aliphatic heterocycles. The van der Waals surface area contributed by atoms with Crippen LogP contribution < -0.4 is 16.2 Å². The van der Waals surface area contributed by atoms with Crippen LogP contribution in [-0.2, 0) is 0 Å². The van der Waals surface area contributed by atoms with Gasteiger partial charge in [0, 0.05) is 37.9 Å². The van der Waals surface area contributed by atoms with E-state index in [9.17, 15) is 9.59 Å². The number of anilines is 2. The van der Waals surface area contributed by atoms with E-state index in [1.54, 1.807) is 35.0 Å². The molecule has 4 rings (SSSR count). The van der Waals surface area contributed by atoms with Gasteiger partial charge in [-0.2, -0.15) is 0 Å². The summed E-state index contributed by atoms with van der Waals surface area (Å²) in [7, 11) is 1.71. The van der Waals surface area contributed by atoms with Crippen molar-refractivity contribution < 1.29 is 4.79 Å². The average Bonchev–Trinajstić information content (AvgIpc) is 3.26. The number of nitrogens with zero attached hydrogens (tertiary/aromatic N) is 6. The molecule has 0 spiro atoms. The number of aromatic nitrogens is 5. The van der Waals surface area contributed by atoms with Gasteiger partial charge in [-0.1, -0.05) is 6.07 Å². The van der Waals surface area contributed by atoms with Crippen LogP contribution in [0.1, 0.15) is 36.7 Å². The third-order valence-electron chi connectivity index (χ3n) is 5.57. The van der Waals surface area contributed by atoms with E-state index in [1.165, 1.54) is 12.3 Å². The zero-order valence-corrected chi connectivity index (χ0v) is 18.1. The van der Waals surface area contributed by atoms with Crippen LogP contribution in [0.25, 0.3) is 5.69 Å². The molecule has 2 atom stereocenters. The molecule has 1 aliphatic carbocycles. The first-order valence-corrected chi connectivity index (χ1v) is 10.7. The monoisotopic (exact) mass is 434 g/mol. The maximum atomic E-state index is 12.1. The lowest BCUT2D eigenvalue weighted by Gasteiger charge is -2.16. The average molecular weight is 435 g/mol. The highest BCUT2D eigenvalue weighted by molar-refractivity contribution is 5.91. The SMILES string of the molecule is CCN(C)C(=O)c1cnc(N[C@H]2CC[C@H](Nc3ccc(-n4ccccc4=O)cn3)C2)nn1. The van der Waals surface area contributed by atoms with Gasteiger partial charge in [0.25, 0.3) is 11.5 Å². The third-order valence-corrected chi connectivity index (χ3v) is 5.57. The number of rotatable bonds is 7. The maximum absolute atomic E-state index is 12.1. The Morgan fingerprint density at radius 2 is 1.91 bits per heavy atom. The molecule has 10 heteroatoms. The predicted molar refractivity (Wildman–Crippen MR) is 121 cm³/mol. The van der Waals surface area contributed by atoms with E-state index < -0.39 is 0 Å². The molecule has 1 aliphatic rings. The molecule has 32 heavy (non-hydrogen) atoms. The number of hydrogen-bond acceptors (Lipinski definition) is 8. The summed E-state index contributed by atoms with van der Waals surface area (Å²) in [4.78, 5) is 34.3. The fourth-order valence-electron chi connectivity index (χ4n) is 3.67. The summed E-state index contributed by atoms with van der Waals surface area (Å²) >= 11 is 0. The largest absolute Gasteiger partial charge is 0.367 e. The van der Waals surface area contributed by atoms with E-state index in [4.69, 9.17) is 0 Å². The van der Waals surface area contributed by atoms with Crippen LogP contribution in [0, 0.1) is 0 Å². The molecule has 1 saturated carbocycles. The lowest BCUT2D eigenvalue weighted by atomic mass is 10.2. The Morgan fingerprint density at radius 1 is 1.09 bits per heavy atom. The van der Waals surface area contributed by atoms with Crippen LogP contribution in [0.4, 0.5) is 11.8 Å². The Hall–Kier alpha value is -3.82. The highest BCUT2D eigenvalue weighted by Gasteiger charge is 2.25. The van der Waals surface area contributed by atoms with Crippen molar-refractivity contribution in [2.75, 3.05) is 24.2 Å². The Labute approximate surface area is 185 Å². The van der Waals surface area contributed by atoms with Gasteiger partial charge in [0.05, 0.1) is 18.1 Å². The molecular formula is C22H26N8O2. The van der Waals surface area contributed by atoms with Crippen LogP contribution in [0.15, 0.2) is 53.7 Å². The van der Waals surface area contributed by atoms with Crippen molar-refractivity contribution >= 4 is 17.7 Å². The van der Waals surface area contributed by atoms with Gasteiger partial charge in [-0.05, 0) is 44.4 Å². The minimum Gasteiger partial charge on any atom is -0.367 e. The summed E-state index contributed by atoms with van der Waals surface area (Å²) in [6.45, 7) is 2.49. The zero-order valence-electron chi connectivity index (χ0n) is 18.1. The fourth-order valence-corrected chi connectivity index (χ4v) is 3.67. The topological polar surface area (TPSA) is 118 Å². The number of amides is 1. The Balaban J connectivity index is 1.31. The van der Waals surface area contributed by atoms with Gasteiger partial charge in [-0.15, -0.1) is 10.2 Å². The first-order valence-electron chi connectivity index (χ1n) is 10.7. The van der Waals surface area contributed by atoms with Crippen molar-refractivity contribution in [1.29, 1.82) is 0 Å². The highest BCUT2D eigenvalue weighted by atomic mass is 16.2. The Kier molecular flexibility index (Phi) is 6.39. The molecule has 3 aromatic heterocycles. The first-order chi connectivity index (χ1) is 15.5. The highest BCUT2D eigenvalue weighted by Crippen LogP contribution is 2.24. The molecule has 3 aromatic rings. The van der Waals surface area contributed by atoms with Crippen LogP contribution in [0.2, 0.25) is 0 Å². The molecule has 0 bridgehead atoms. The molecule has 10 nitrogen and oxygen atoms in total. The van der Waals surface area contributed by atoms with Gasteiger partial charge in [-0.3, -0.25) is 14.2 Å². The quantitative estimate of drug-likeness (QED) is 0.579. The van der Waals surface area contributed by atoms with Crippen molar-refractivity contribution in [3.63, 3.8) is 0 Å². The maximum Gasteiger partial charge on any atom is 0.275 e. The van der Waals surface area contributed by atoms with Crippen LogP contribution in [-0.4, -0.2) is 61.2 Å². The van der Waals surface area contributed by atoms with Crippen molar-refractivity contribution in [3.05, 3.63) is 65.0 Å². The van der Waals surface area contributed by atoms with E-state index in [1.807, 2.05) is 25.1 Å². The lowest BCUT2D eigenvalue weighted by molar-refractivity contribution is 0.0795. The van der Waals surface area contributed by atoms with Gasteiger partial charge >= 0.3 is 0 Å². The zero-order chi connectivity index (χ0) is 22.5. The van der Waals surface area contributed by atoms with Crippen LogP contribution in [0.5, 0.6) is 0 Å². The molecule has 166 valence electrons. The van der Waals surface area contributed by atoms with Crippen LogP contribution in [0.3, 0.4) is 0 Å². The normalized spacial score (nSPS) is 17.7. The van der Waals surface area contributed by atoms with Crippen molar-refractivity contribution in [3.8, 4) is 5.69 Å². The summed E-state index contributed by atoms with van der Waals surface area (Å²) in [5.74, 6) is 0.992. The van der Waals surface area contributed by atoms with Crippen molar-refractivity contribution in [2.24, 2.45) is 0 Å². The molecule has 2 N–H and O–H groups in total. The minimum atomic E-state index is -0.195. The summed E-state index contributed by atoms with van der Waals surface area (Å²) in [5, 5.41) is 14.8. The minimum absolute atomic E-state index is 0.0915. The number of pyridine rings is 2. The molecule has 3 heterocycles. The molecule has 0 aromatic carbocycles. The third kappa shape index (κ3) is 4.90. The van der Waals surface area contributed by atoms with Gasteiger partial charge in [-0.25, -0.2) is 9.97 Å². The second-order valence-electron chi connectivity index (χ2n) is 7.79. The second-order valence-corrected chi connectivity index (χ2v) is 7.79. The standard InChI is InChI=1S/C22H26N8O2/c1-3-29(2)21(32)18-14-24-22(28-27-18)26-16-8-7-15(12-16)25-19-10-9-17(13-23-19)30-11-5-4-6-20(30)31/h4-6,9-11,13-16H,3,7-8,12H2,1-2H3,(H,23,25)(H,24,26,28)/t15-,16-/m0/s1. The molecule has 1 amide bonds. The number of hydrogen-bond donors (Lipinski definition) is 2. The summed E-state index contributed by atoms with van der Waals surface area (Å²) in [6, 6.07) is 9.27. The predicted octanol–water partition coefficient (Wildman–Crippen LogP) is 1.95. The van der Waals surface area contributed by atoms with E-state index in [-0.39, 0.29) is 29.2 Å². The number of carbonyl (C=O) groups is 1. The summed E-state index contributed by atoms with van der Waals surface area (Å²) < 4.78 is 1.56. The first kappa shape index (κ1) is 21.4. The Bertz CT molecular complexity index is 1110. The van der Waals surface area contributed by atoms with Gasteiger partial charge in [0.2, 0.25) is 5.95 Å². The van der Waals surface area contributed by atoms with E-state index in [2.05, 4.69) is 30.8 Å². The van der Waals surface area contributed by atoms with Gasteiger partial charge in [0.1, 0.15) is 5.82 Å². The smallest absolute Gasteiger partial charge is 0.275 e. The van der Waals surface area contributed by atoms with Gasteiger partial charge < -0.3 is 15.5 Å². The van der Waals surface area contributed by atoms with E-state index in [0.29, 0.717) is 12.5 Å². The molecule has 0 radical (unpaired) electrons. The van der Waals surface area contributed by atoms with Gasteiger partial charge in [0.15, 0.2) is 5.69 Å². The van der Waals surface area contributed by atoms with Crippen molar-refractivity contribution in [2.45, 2.75) is 38.3 Å². The molecule has 1 fully saturated rings. The second kappa shape index (κ2) is 9.54. The van der Waals surface area contributed by atoms with Crippen molar-refractivity contribution in [1.82, 2.24) is 29.6 Å². The summed E-state index contributed by atoms with van der Waals surface area (Å²) in [6.07, 6.45) is 7.68. The number of nitrogens with one attached hydrogen (secondary N) is 2. The molecular weight excluding hydrogens is 408 g/mol. The van der Waals surface area contributed by atoms with E-state index in [0.717, 1.165) is 30.8 Å². The summed E-state index contributed by atoms with van der Waals surface area (Å²) in [5.41, 5.74) is 0.869. The fraction of sp³-hybridized carbons (Fsp3) is 0.364. The molecule has 0 saturated heterocycles.